The molecule has 2 aliphatic rings. The van der Waals surface area contributed by atoms with E-state index in [2.05, 4.69) is 30.4 Å². The first-order valence-electron chi connectivity index (χ1n) is 21.3. The number of carbonyl (C=O) groups excluding carboxylic acids is 7. The number of hydrogen-bond donors (Lipinski definition) is 10. The van der Waals surface area contributed by atoms with Crippen LogP contribution >= 0.6 is 11.6 Å². The van der Waals surface area contributed by atoms with Crippen molar-refractivity contribution in [3.63, 3.8) is 0 Å². The molecule has 0 spiro atoms. The number of carbonyl (C=O) groups is 7. The largest absolute Gasteiger partial charge is 0.506 e. The fourth-order valence-electron chi connectivity index (χ4n) is 7.31. The number of hydrogen-bond acceptors (Lipinski definition) is 15. The Morgan fingerprint density at radius 3 is 2.26 bits per heavy atom. The van der Waals surface area contributed by atoms with E-state index in [0.29, 0.717) is 12.0 Å². The number of nitrogens with one attached hydrogen (secondary N) is 4. The Balaban J connectivity index is 2.26. The molecule has 1 aromatic rings. The van der Waals surface area contributed by atoms with Crippen LogP contribution in [0, 0.1) is 11.8 Å². The number of phenolic OH excluding ortho intramolecular Hbond substituents is 1. The number of likely N-dealkylation sites (N-methyl/N-ethyl adjacent to an activating group) is 1. The third-order valence-corrected chi connectivity index (χ3v) is 12.3. The van der Waals surface area contributed by atoms with E-state index in [4.69, 9.17) is 32.4 Å². The lowest BCUT2D eigenvalue weighted by Gasteiger charge is -2.44. The van der Waals surface area contributed by atoms with Crippen molar-refractivity contribution in [2.75, 3.05) is 20.2 Å². The summed E-state index contributed by atoms with van der Waals surface area (Å²) in [4.78, 5) is 105. The Bertz CT molecular complexity index is 2080. The molecule has 24 nitrogen and oxygen atoms in total. The number of benzene rings is 1. The van der Waals surface area contributed by atoms with E-state index in [1.165, 1.54) is 25.2 Å². The zero-order chi connectivity index (χ0) is 49.8. The van der Waals surface area contributed by atoms with Gasteiger partial charge in [-0.3, -0.25) is 38.3 Å². The van der Waals surface area contributed by atoms with Crippen molar-refractivity contribution in [3.8, 4) is 5.75 Å². The number of ether oxygens (including phenoxy) is 1. The molecule has 2 heterocycles. The number of fused-ring (bicyclic) bond motifs is 2. The summed E-state index contributed by atoms with van der Waals surface area (Å²) in [6, 6.07) is -5.13. The summed E-state index contributed by atoms with van der Waals surface area (Å²) in [7, 11) is -3.83. The predicted molar refractivity (Wildman–Crippen MR) is 235 cm³/mol. The Kier molecular flexibility index (Phi) is 20.4. The first kappa shape index (κ1) is 55.0. The summed E-state index contributed by atoms with van der Waals surface area (Å²) >= 11 is 6.22. The molecule has 0 aliphatic carbocycles. The fourth-order valence-corrected chi connectivity index (χ4v) is 7.81. The van der Waals surface area contributed by atoms with Crippen LogP contribution in [-0.4, -0.2) is 160 Å². The highest BCUT2D eigenvalue weighted by molar-refractivity contribution is 7.80. The summed E-state index contributed by atoms with van der Waals surface area (Å²) in [6.45, 7) is 6.53. The average molecular weight is 977 g/mol. The highest BCUT2D eigenvalue weighted by Crippen LogP contribution is 2.29. The van der Waals surface area contributed by atoms with Gasteiger partial charge in [0, 0.05) is 20.0 Å². The minimum absolute atomic E-state index is 0.0336. The minimum atomic E-state index is -5.14. The van der Waals surface area contributed by atoms with E-state index in [1.807, 2.05) is 0 Å². The monoisotopic (exact) mass is 975 g/mol. The molecule has 2 fully saturated rings. The van der Waals surface area contributed by atoms with Crippen LogP contribution in [0.4, 0.5) is 0 Å². The molecular weight excluding hydrogens is 914 g/mol. The molecule has 370 valence electrons. The average Bonchev–Trinajstić information content (AvgIpc) is 3.25. The van der Waals surface area contributed by atoms with Gasteiger partial charge in [0.05, 0.1) is 5.02 Å². The Morgan fingerprint density at radius 2 is 1.67 bits per heavy atom. The lowest BCUT2D eigenvalue weighted by Crippen LogP contribution is -2.66. The fraction of sp³-hybridized carbons (Fsp3) is 0.650. The lowest BCUT2D eigenvalue weighted by atomic mass is 9.91. The quantitative estimate of drug-likeness (QED) is 0.0297. The van der Waals surface area contributed by atoms with Crippen LogP contribution < -0.4 is 32.7 Å². The van der Waals surface area contributed by atoms with Crippen LogP contribution in [0.3, 0.4) is 0 Å². The van der Waals surface area contributed by atoms with Gasteiger partial charge in [-0.2, -0.15) is 8.42 Å². The number of amides is 6. The third kappa shape index (κ3) is 15.1. The molecule has 6 amide bonds. The zero-order valence-corrected chi connectivity index (χ0v) is 39.1. The van der Waals surface area contributed by atoms with Crippen LogP contribution in [0.2, 0.25) is 5.02 Å². The first-order chi connectivity index (χ1) is 30.8. The van der Waals surface area contributed by atoms with Crippen LogP contribution in [-0.2, 0) is 59.3 Å². The molecule has 3 unspecified atom stereocenters. The molecule has 2 bridgehead atoms. The van der Waals surface area contributed by atoms with Crippen LogP contribution in [0.25, 0.3) is 0 Å². The molecule has 26 heteroatoms. The molecule has 66 heavy (non-hydrogen) atoms. The minimum Gasteiger partial charge on any atom is -0.506 e. The van der Waals surface area contributed by atoms with E-state index >= 15 is 0 Å². The number of aromatic hydroxyl groups is 1. The van der Waals surface area contributed by atoms with E-state index in [9.17, 15) is 57.3 Å². The number of nitrogens with zero attached hydrogens (tertiary/aromatic N) is 3. The molecule has 0 aromatic heterocycles. The third-order valence-electron chi connectivity index (χ3n) is 11.6. The maximum Gasteiger partial charge on any atom is 0.397 e. The number of phenols is 1. The molecule has 3 rings (SSSR count). The number of guanidine groups is 1. The molecular formula is C40H62ClN9O15S. The maximum absolute atomic E-state index is 14.8. The number of rotatable bonds is 15. The maximum atomic E-state index is 14.8. The molecule has 2 saturated heterocycles. The van der Waals surface area contributed by atoms with Crippen molar-refractivity contribution in [1.82, 2.24) is 31.1 Å². The van der Waals surface area contributed by atoms with Gasteiger partial charge in [0.2, 0.25) is 29.5 Å². The van der Waals surface area contributed by atoms with Gasteiger partial charge in [-0.25, -0.2) is 8.98 Å². The number of nitrogens with two attached hydrogens (primary N) is 2. The Morgan fingerprint density at radius 1 is 1.02 bits per heavy atom. The van der Waals surface area contributed by atoms with E-state index in [-0.39, 0.29) is 61.8 Å². The number of aliphatic imine (C=N–C) groups is 1. The second kappa shape index (κ2) is 24.4. The van der Waals surface area contributed by atoms with Gasteiger partial charge in [-0.15, -0.1) is 0 Å². The molecule has 0 saturated carbocycles. The molecule has 1 aromatic carbocycles. The summed E-state index contributed by atoms with van der Waals surface area (Å²) in [5.41, 5.74) is 11.3. The second-order valence-electron chi connectivity index (χ2n) is 16.4. The zero-order valence-electron chi connectivity index (χ0n) is 37.5. The molecule has 11 atom stereocenters. The van der Waals surface area contributed by atoms with Gasteiger partial charge in [0.25, 0.3) is 5.91 Å². The van der Waals surface area contributed by atoms with Gasteiger partial charge in [0.1, 0.15) is 60.9 Å². The number of aliphatic hydroxyl groups excluding tert-OH is 2. The molecule has 0 radical (unpaired) electrons. The summed E-state index contributed by atoms with van der Waals surface area (Å²) in [5.74, 6) is -9.14. The first-order valence-corrected chi connectivity index (χ1v) is 23.1. The Labute approximate surface area is 387 Å². The highest BCUT2D eigenvalue weighted by atomic mass is 35.5. The van der Waals surface area contributed by atoms with Gasteiger partial charge in [-0.05, 0) is 62.1 Å². The van der Waals surface area contributed by atoms with Gasteiger partial charge >= 0.3 is 16.4 Å². The van der Waals surface area contributed by atoms with E-state index < -0.39 is 125 Å². The van der Waals surface area contributed by atoms with Crippen molar-refractivity contribution in [2.45, 2.75) is 134 Å². The topological polar surface area (TPSA) is 372 Å². The molecule has 2 aliphatic heterocycles. The number of piperidine rings is 1. The number of cyclic esters (lactones) is 1. The highest BCUT2D eigenvalue weighted by Gasteiger charge is 2.47. The number of esters is 1. The summed E-state index contributed by atoms with van der Waals surface area (Å²) in [6.07, 6.45) is -5.62. The van der Waals surface area contributed by atoms with Crippen molar-refractivity contribution < 1.29 is 70.8 Å². The van der Waals surface area contributed by atoms with Crippen LogP contribution in [0.15, 0.2) is 23.2 Å². The predicted octanol–water partition coefficient (Wildman–Crippen LogP) is -2.06. The van der Waals surface area contributed by atoms with Gasteiger partial charge < -0.3 is 62.6 Å². The van der Waals surface area contributed by atoms with E-state index in [0.717, 1.165) is 16.7 Å². The summed E-state index contributed by atoms with van der Waals surface area (Å²) < 4.78 is 41.1. The Hall–Kier alpha value is -5.34. The van der Waals surface area contributed by atoms with Crippen molar-refractivity contribution in [3.05, 3.63) is 28.8 Å². The van der Waals surface area contributed by atoms with Crippen molar-refractivity contribution in [1.29, 1.82) is 0 Å². The number of aliphatic hydroxyl groups is 2. The molecule has 12 N–H and O–H groups in total. The SMILES string of the molecule is CC[C@H](C)C1C(=O)N(C)[C@@H](Cc2ccc(O)c(Cl)c2)C(=O)N[C@@H]([C@@H](C)CC)C(=O)O[C@H](C)C(NC(=O)[C@H](O)COS(=O)(=O)O)C(=O)NC(CCCN=C(N)N)C(=O)N[C@H]2CC[C@@H](O)N1C2=O. The van der Waals surface area contributed by atoms with Crippen molar-refractivity contribution >= 4 is 69.4 Å². The second-order valence-corrected chi connectivity index (χ2v) is 17.9. The summed E-state index contributed by atoms with van der Waals surface area (Å²) in [5, 5.41) is 41.7. The van der Waals surface area contributed by atoms with Crippen molar-refractivity contribution in [2.24, 2.45) is 28.3 Å². The number of halogens is 1. The van der Waals surface area contributed by atoms with Gasteiger partial charge in [0.15, 0.2) is 12.1 Å². The lowest BCUT2D eigenvalue weighted by molar-refractivity contribution is -0.168. The van der Waals surface area contributed by atoms with Crippen LogP contribution in [0.5, 0.6) is 5.75 Å². The van der Waals surface area contributed by atoms with Crippen LogP contribution in [0.1, 0.15) is 78.7 Å². The van der Waals surface area contributed by atoms with Gasteiger partial charge in [-0.1, -0.05) is 58.2 Å². The normalized spacial score (nSPS) is 26.6. The van der Waals surface area contributed by atoms with E-state index in [1.54, 1.807) is 27.7 Å². The standard InChI is InChI=1S/C40H62ClN9O15S/c1-7-19(3)30-39(60)65-21(5)31(48-35(56)28(52)18-64-66(61,62)63)36(57)45-24(10-9-15-44-40(42)43)33(54)46-25-12-14-29(53)50(37(25)58)32(20(4)8-2)38(59)49(6)26(34(55)47-30)17-22-11-13-27(51)23(41)16-22/h11,13,16,19-21,24-26,28-32,51-53H,7-10,12,14-15,17-18H2,1-6H3,(H,45,57)(H,46,54)(H,47,55)(H,48,56)(H4,42,43,44)(H,61,62,63)/t19-,20-,21+,24?,25-,26-,28+,29+,30-,31?,32?/m0/s1. The smallest absolute Gasteiger partial charge is 0.397 e.